The Bertz CT molecular complexity index is 1370. The van der Waals surface area contributed by atoms with E-state index in [-0.39, 0.29) is 29.5 Å². The lowest BCUT2D eigenvalue weighted by Gasteiger charge is -2.20. The molecule has 2 aliphatic rings. The van der Waals surface area contributed by atoms with E-state index < -0.39 is 11.8 Å². The summed E-state index contributed by atoms with van der Waals surface area (Å²) in [6.45, 7) is 0.857. The van der Waals surface area contributed by atoms with Gasteiger partial charge >= 0.3 is 0 Å². The zero-order valence-electron chi connectivity index (χ0n) is 19.8. The van der Waals surface area contributed by atoms with Gasteiger partial charge in [-0.25, -0.2) is 0 Å². The van der Waals surface area contributed by atoms with E-state index in [0.717, 1.165) is 12.0 Å². The van der Waals surface area contributed by atoms with Gasteiger partial charge in [0.25, 0.3) is 17.7 Å². The van der Waals surface area contributed by atoms with Crippen molar-refractivity contribution in [3.63, 3.8) is 0 Å². The van der Waals surface area contributed by atoms with Crippen molar-refractivity contribution < 1.29 is 23.9 Å². The zero-order valence-corrected chi connectivity index (χ0v) is 19.8. The van der Waals surface area contributed by atoms with Crippen molar-refractivity contribution in [2.45, 2.75) is 19.3 Å². The minimum absolute atomic E-state index is 0.00963. The zero-order chi connectivity index (χ0) is 25.2. The van der Waals surface area contributed by atoms with Crippen LogP contribution in [0.15, 0.2) is 66.7 Å². The van der Waals surface area contributed by atoms with E-state index in [0.29, 0.717) is 42.1 Å². The predicted molar refractivity (Wildman–Crippen MR) is 134 cm³/mol. The highest BCUT2D eigenvalue weighted by atomic mass is 16.5. The molecule has 36 heavy (non-hydrogen) atoms. The van der Waals surface area contributed by atoms with E-state index in [1.807, 2.05) is 30.3 Å². The van der Waals surface area contributed by atoms with Gasteiger partial charge in [-0.3, -0.25) is 24.1 Å². The van der Waals surface area contributed by atoms with Gasteiger partial charge in [-0.1, -0.05) is 30.3 Å². The molecule has 3 aromatic carbocycles. The van der Waals surface area contributed by atoms with Gasteiger partial charge in [0.05, 0.1) is 23.9 Å². The van der Waals surface area contributed by atoms with E-state index in [9.17, 15) is 19.2 Å². The molecule has 0 atom stereocenters. The molecule has 3 aromatic rings. The Morgan fingerprint density at radius 3 is 2.44 bits per heavy atom. The minimum Gasteiger partial charge on any atom is -0.495 e. The van der Waals surface area contributed by atoms with Gasteiger partial charge in [-0.2, -0.15) is 0 Å². The number of hydrogen-bond acceptors (Lipinski definition) is 5. The Labute approximate surface area is 208 Å². The van der Waals surface area contributed by atoms with Crippen LogP contribution < -0.4 is 15.0 Å². The fourth-order valence-electron chi connectivity index (χ4n) is 4.61. The van der Waals surface area contributed by atoms with Crippen LogP contribution in [0.5, 0.6) is 5.75 Å². The quantitative estimate of drug-likeness (QED) is 0.514. The first-order chi connectivity index (χ1) is 17.5. The topological polar surface area (TPSA) is 96.0 Å². The number of carbonyl (C=O) groups excluding carboxylic acids is 4. The van der Waals surface area contributed by atoms with Gasteiger partial charge in [0.1, 0.15) is 5.75 Å². The van der Waals surface area contributed by atoms with Crippen LogP contribution >= 0.6 is 0 Å². The van der Waals surface area contributed by atoms with Gasteiger partial charge < -0.3 is 15.0 Å². The Hall–Kier alpha value is -4.46. The maximum Gasteiger partial charge on any atom is 0.261 e. The van der Waals surface area contributed by atoms with Crippen LogP contribution in [0, 0.1) is 0 Å². The average molecular weight is 484 g/mol. The monoisotopic (exact) mass is 483 g/mol. The second-order valence-electron chi connectivity index (χ2n) is 8.75. The third-order valence-corrected chi connectivity index (χ3v) is 6.50. The lowest BCUT2D eigenvalue weighted by molar-refractivity contribution is -0.117. The maximum atomic E-state index is 13.0. The lowest BCUT2D eigenvalue weighted by Crippen LogP contribution is -2.31. The number of nitrogens with one attached hydrogen (secondary N) is 1. The van der Waals surface area contributed by atoms with Gasteiger partial charge in [0.15, 0.2) is 0 Å². The van der Waals surface area contributed by atoms with Crippen LogP contribution in [0.1, 0.15) is 49.5 Å². The molecule has 2 aliphatic heterocycles. The lowest BCUT2D eigenvalue weighted by atomic mass is 10.1. The number of imide groups is 1. The molecule has 2 heterocycles. The van der Waals surface area contributed by atoms with E-state index in [1.54, 1.807) is 23.1 Å². The van der Waals surface area contributed by atoms with Gasteiger partial charge in [-0.15, -0.1) is 0 Å². The smallest absolute Gasteiger partial charge is 0.261 e. The number of benzene rings is 3. The molecule has 182 valence electrons. The maximum absolute atomic E-state index is 13.0. The van der Waals surface area contributed by atoms with Crippen LogP contribution in [0.25, 0.3) is 0 Å². The van der Waals surface area contributed by atoms with Crippen LogP contribution in [-0.4, -0.2) is 48.7 Å². The fourth-order valence-corrected chi connectivity index (χ4v) is 4.61. The summed E-state index contributed by atoms with van der Waals surface area (Å²) >= 11 is 0. The number of amides is 4. The first kappa shape index (κ1) is 23.3. The molecule has 0 aromatic heterocycles. The average Bonchev–Trinajstić information content (AvgIpc) is 3.43. The molecule has 0 bridgehead atoms. The number of rotatable bonds is 7. The number of nitrogens with zero attached hydrogens (tertiary/aromatic N) is 2. The number of hydrogen-bond donors (Lipinski definition) is 1. The molecule has 0 aliphatic carbocycles. The summed E-state index contributed by atoms with van der Waals surface area (Å²) in [7, 11) is 1.53. The van der Waals surface area contributed by atoms with Crippen LogP contribution in [0.4, 0.5) is 11.4 Å². The molecule has 5 rings (SSSR count). The fraction of sp³-hybridized carbons (Fsp3) is 0.214. The van der Waals surface area contributed by atoms with Crippen molar-refractivity contribution in [2.24, 2.45) is 0 Å². The van der Waals surface area contributed by atoms with Gasteiger partial charge in [0.2, 0.25) is 5.91 Å². The van der Waals surface area contributed by atoms with Crippen molar-refractivity contribution in [1.82, 2.24) is 4.90 Å². The summed E-state index contributed by atoms with van der Waals surface area (Å²) in [5.41, 5.74) is 2.89. The van der Waals surface area contributed by atoms with Crippen LogP contribution in [0.3, 0.4) is 0 Å². The number of fused-ring (bicyclic) bond motifs is 1. The molecule has 0 saturated carbocycles. The third kappa shape index (κ3) is 4.33. The van der Waals surface area contributed by atoms with E-state index >= 15 is 0 Å². The SMILES string of the molecule is COc1ccc(NC(=O)c2ccc3c(c2)C(=O)N(CCc2ccccc2)C3=O)cc1N1CCCC1=O. The predicted octanol–water partition coefficient (Wildman–Crippen LogP) is 3.91. The molecule has 0 radical (unpaired) electrons. The Balaban J connectivity index is 1.33. The number of ether oxygens (including phenoxy) is 1. The summed E-state index contributed by atoms with van der Waals surface area (Å²) in [6.07, 6.45) is 1.80. The summed E-state index contributed by atoms with van der Waals surface area (Å²) < 4.78 is 5.40. The van der Waals surface area contributed by atoms with Crippen molar-refractivity contribution in [2.75, 3.05) is 30.4 Å². The molecule has 8 nitrogen and oxygen atoms in total. The van der Waals surface area contributed by atoms with Crippen molar-refractivity contribution in [1.29, 1.82) is 0 Å². The molecule has 1 saturated heterocycles. The van der Waals surface area contributed by atoms with Crippen molar-refractivity contribution in [3.05, 3.63) is 89.0 Å². The minimum atomic E-state index is -0.426. The number of carbonyl (C=O) groups is 4. The third-order valence-electron chi connectivity index (χ3n) is 6.50. The molecular weight excluding hydrogens is 458 g/mol. The second kappa shape index (κ2) is 9.65. The van der Waals surface area contributed by atoms with Crippen molar-refractivity contribution in [3.8, 4) is 5.75 Å². The van der Waals surface area contributed by atoms with Crippen LogP contribution in [0.2, 0.25) is 0 Å². The highest BCUT2D eigenvalue weighted by molar-refractivity contribution is 6.22. The highest BCUT2D eigenvalue weighted by Gasteiger charge is 2.35. The second-order valence-corrected chi connectivity index (χ2v) is 8.75. The summed E-state index contributed by atoms with van der Waals surface area (Å²) in [5.74, 6) is -0.631. The molecule has 1 fully saturated rings. The highest BCUT2D eigenvalue weighted by Crippen LogP contribution is 2.34. The Morgan fingerprint density at radius 2 is 1.72 bits per heavy atom. The van der Waals surface area contributed by atoms with E-state index in [4.69, 9.17) is 4.74 Å². The van der Waals surface area contributed by atoms with Crippen molar-refractivity contribution >= 4 is 35.0 Å². The molecule has 1 N–H and O–H groups in total. The number of anilines is 2. The molecule has 4 amide bonds. The van der Waals surface area contributed by atoms with E-state index in [1.165, 1.54) is 30.2 Å². The van der Waals surface area contributed by atoms with Gasteiger partial charge in [0, 0.05) is 30.8 Å². The standard InChI is InChI=1S/C28H25N3O5/c1-36-24-12-10-20(17-23(24)30-14-5-8-25(30)32)29-26(33)19-9-11-21-22(16-19)28(35)31(27(21)34)15-13-18-6-3-2-4-7-18/h2-4,6-7,9-12,16-17H,5,8,13-15H2,1H3,(H,29,33). The van der Waals surface area contributed by atoms with Gasteiger partial charge in [-0.05, 0) is 54.8 Å². The molecule has 0 spiro atoms. The largest absolute Gasteiger partial charge is 0.495 e. The van der Waals surface area contributed by atoms with E-state index in [2.05, 4.69) is 5.32 Å². The summed E-state index contributed by atoms with van der Waals surface area (Å²) in [5, 5.41) is 2.82. The summed E-state index contributed by atoms with van der Waals surface area (Å²) in [6, 6.07) is 19.3. The normalized spacial score (nSPS) is 14.9. The molecular formula is C28H25N3O5. The molecule has 0 unspecified atom stereocenters. The Kier molecular flexibility index (Phi) is 6.25. The summed E-state index contributed by atoms with van der Waals surface area (Å²) in [4.78, 5) is 53.9. The van der Waals surface area contributed by atoms with Crippen LogP contribution in [-0.2, 0) is 11.2 Å². The Morgan fingerprint density at radius 1 is 0.944 bits per heavy atom. The first-order valence-corrected chi connectivity index (χ1v) is 11.8. The number of methoxy groups -OCH3 is 1. The molecule has 8 heteroatoms. The first-order valence-electron chi connectivity index (χ1n) is 11.8.